The van der Waals surface area contributed by atoms with Crippen molar-refractivity contribution in [3.05, 3.63) is 29.0 Å². The maximum absolute atomic E-state index is 5.47. The molecule has 0 amide bonds. The van der Waals surface area contributed by atoms with Crippen molar-refractivity contribution in [1.29, 1.82) is 0 Å². The minimum atomic E-state index is 0.555. The summed E-state index contributed by atoms with van der Waals surface area (Å²) < 4.78 is 5.47. The summed E-state index contributed by atoms with van der Waals surface area (Å²) in [4.78, 5) is 3.51. The lowest BCUT2D eigenvalue weighted by atomic mass is 9.94. The Balaban J connectivity index is 2.35. The third-order valence-corrected chi connectivity index (χ3v) is 3.60. The Bertz CT molecular complexity index is 571. The number of fused-ring (bicyclic) bond motifs is 3. The van der Waals surface area contributed by atoms with Crippen molar-refractivity contribution in [3.8, 4) is 5.75 Å². The van der Waals surface area contributed by atoms with Crippen LogP contribution in [0, 0.1) is 6.92 Å². The molecule has 3 heteroatoms. The Morgan fingerprint density at radius 3 is 2.94 bits per heavy atom. The molecular weight excluding hydrogens is 212 g/mol. The standard InChI is InChI=1S/C14H18N2O/c1-8-4-10-13-9(2)6-15-7-11(13)16-14(10)12(5-8)17-3/h4-5,9,15-16H,6-7H2,1-3H3. The average molecular weight is 230 g/mol. The molecule has 1 aromatic carbocycles. The number of aryl methyl sites for hydroxylation is 1. The summed E-state index contributed by atoms with van der Waals surface area (Å²) in [6.45, 7) is 6.37. The molecule has 3 rings (SSSR count). The third kappa shape index (κ3) is 1.53. The number of H-pyrrole nitrogens is 1. The molecule has 1 aromatic heterocycles. The molecule has 1 atom stereocenters. The van der Waals surface area contributed by atoms with Crippen LogP contribution in [0.3, 0.4) is 0 Å². The van der Waals surface area contributed by atoms with Crippen LogP contribution >= 0.6 is 0 Å². The first-order valence-electron chi connectivity index (χ1n) is 6.10. The van der Waals surface area contributed by atoms with E-state index in [0.29, 0.717) is 5.92 Å². The summed E-state index contributed by atoms with van der Waals surface area (Å²) in [7, 11) is 1.73. The van der Waals surface area contributed by atoms with Gasteiger partial charge in [-0.05, 0) is 36.1 Å². The number of nitrogens with one attached hydrogen (secondary N) is 2. The van der Waals surface area contributed by atoms with Crippen LogP contribution in [0.2, 0.25) is 0 Å². The normalized spacial score (nSPS) is 19.4. The van der Waals surface area contributed by atoms with Gasteiger partial charge in [-0.25, -0.2) is 0 Å². The molecule has 0 saturated heterocycles. The van der Waals surface area contributed by atoms with Gasteiger partial charge in [-0.2, -0.15) is 0 Å². The highest BCUT2D eigenvalue weighted by Crippen LogP contribution is 2.36. The monoisotopic (exact) mass is 230 g/mol. The maximum atomic E-state index is 5.47. The number of aromatic nitrogens is 1. The van der Waals surface area contributed by atoms with E-state index in [-0.39, 0.29) is 0 Å². The number of hydrogen-bond acceptors (Lipinski definition) is 2. The highest BCUT2D eigenvalue weighted by atomic mass is 16.5. The summed E-state index contributed by atoms with van der Waals surface area (Å²) >= 11 is 0. The summed E-state index contributed by atoms with van der Waals surface area (Å²) in [6, 6.07) is 4.34. The minimum Gasteiger partial charge on any atom is -0.495 e. The molecule has 3 nitrogen and oxygen atoms in total. The lowest BCUT2D eigenvalue weighted by Crippen LogP contribution is -2.26. The number of ether oxygens (including phenoxy) is 1. The van der Waals surface area contributed by atoms with Gasteiger partial charge in [-0.15, -0.1) is 0 Å². The molecule has 2 heterocycles. The zero-order valence-electron chi connectivity index (χ0n) is 10.6. The number of rotatable bonds is 1. The third-order valence-electron chi connectivity index (χ3n) is 3.60. The Kier molecular flexibility index (Phi) is 2.37. The van der Waals surface area contributed by atoms with Gasteiger partial charge in [-0.3, -0.25) is 0 Å². The van der Waals surface area contributed by atoms with Gasteiger partial charge in [0.1, 0.15) is 5.75 Å². The molecule has 2 aromatic rings. The molecule has 1 aliphatic heterocycles. The lowest BCUT2D eigenvalue weighted by molar-refractivity contribution is 0.418. The summed E-state index contributed by atoms with van der Waals surface area (Å²) in [5, 5.41) is 4.76. The van der Waals surface area contributed by atoms with Gasteiger partial charge in [0.2, 0.25) is 0 Å². The predicted molar refractivity (Wildman–Crippen MR) is 69.7 cm³/mol. The van der Waals surface area contributed by atoms with Crippen LogP contribution in [0.15, 0.2) is 12.1 Å². The van der Waals surface area contributed by atoms with Crippen molar-refractivity contribution in [1.82, 2.24) is 10.3 Å². The molecule has 0 saturated carbocycles. The van der Waals surface area contributed by atoms with Crippen LogP contribution in [-0.2, 0) is 6.54 Å². The van der Waals surface area contributed by atoms with Crippen molar-refractivity contribution in [2.45, 2.75) is 26.3 Å². The second kappa shape index (κ2) is 3.77. The molecule has 0 spiro atoms. The molecular formula is C14H18N2O. The van der Waals surface area contributed by atoms with E-state index >= 15 is 0 Å². The van der Waals surface area contributed by atoms with E-state index in [1.54, 1.807) is 7.11 Å². The molecule has 1 unspecified atom stereocenters. The quantitative estimate of drug-likeness (QED) is 0.790. The van der Waals surface area contributed by atoms with E-state index in [9.17, 15) is 0 Å². The Hall–Kier alpha value is -1.48. The fourth-order valence-electron chi connectivity index (χ4n) is 2.85. The van der Waals surface area contributed by atoms with Gasteiger partial charge in [0.15, 0.2) is 0 Å². The number of benzene rings is 1. The zero-order chi connectivity index (χ0) is 12.0. The van der Waals surface area contributed by atoms with Gasteiger partial charge in [0, 0.05) is 24.2 Å². The average Bonchev–Trinajstić information content (AvgIpc) is 2.67. The second-order valence-electron chi connectivity index (χ2n) is 4.94. The van der Waals surface area contributed by atoms with E-state index in [4.69, 9.17) is 4.74 Å². The first-order valence-corrected chi connectivity index (χ1v) is 6.10. The van der Waals surface area contributed by atoms with Crippen molar-refractivity contribution < 1.29 is 4.74 Å². The molecule has 1 aliphatic rings. The van der Waals surface area contributed by atoms with E-state index < -0.39 is 0 Å². The van der Waals surface area contributed by atoms with Gasteiger partial charge < -0.3 is 15.0 Å². The van der Waals surface area contributed by atoms with E-state index in [2.05, 4.69) is 36.3 Å². The number of hydrogen-bond donors (Lipinski definition) is 2. The minimum absolute atomic E-state index is 0.555. The van der Waals surface area contributed by atoms with Gasteiger partial charge >= 0.3 is 0 Å². The Morgan fingerprint density at radius 1 is 1.35 bits per heavy atom. The molecule has 17 heavy (non-hydrogen) atoms. The van der Waals surface area contributed by atoms with Crippen molar-refractivity contribution >= 4 is 10.9 Å². The van der Waals surface area contributed by atoms with Crippen LogP contribution < -0.4 is 10.1 Å². The molecule has 2 N–H and O–H groups in total. The largest absolute Gasteiger partial charge is 0.495 e. The van der Waals surface area contributed by atoms with Crippen LogP contribution in [-0.4, -0.2) is 18.6 Å². The highest BCUT2D eigenvalue weighted by molar-refractivity contribution is 5.91. The van der Waals surface area contributed by atoms with Gasteiger partial charge in [-0.1, -0.05) is 6.92 Å². The van der Waals surface area contributed by atoms with Crippen LogP contribution in [0.4, 0.5) is 0 Å². The lowest BCUT2D eigenvalue weighted by Gasteiger charge is -2.20. The first kappa shape index (κ1) is 10.7. The van der Waals surface area contributed by atoms with Crippen LogP contribution in [0.1, 0.15) is 29.7 Å². The van der Waals surface area contributed by atoms with Crippen LogP contribution in [0.25, 0.3) is 10.9 Å². The molecule has 0 aliphatic carbocycles. The van der Waals surface area contributed by atoms with Gasteiger partial charge in [0.05, 0.1) is 12.6 Å². The maximum Gasteiger partial charge on any atom is 0.143 e. The molecule has 0 fully saturated rings. The predicted octanol–water partition coefficient (Wildman–Crippen LogP) is 2.69. The highest BCUT2D eigenvalue weighted by Gasteiger charge is 2.22. The van der Waals surface area contributed by atoms with Crippen LogP contribution in [0.5, 0.6) is 5.75 Å². The Labute approximate surface area is 101 Å². The molecule has 0 radical (unpaired) electrons. The van der Waals surface area contributed by atoms with Gasteiger partial charge in [0.25, 0.3) is 0 Å². The SMILES string of the molecule is COc1cc(C)cc2c3c([nH]c12)CNCC3C. The van der Waals surface area contributed by atoms with Crippen molar-refractivity contribution in [2.24, 2.45) is 0 Å². The van der Waals surface area contributed by atoms with Crippen molar-refractivity contribution in [3.63, 3.8) is 0 Å². The molecule has 0 bridgehead atoms. The fourth-order valence-corrected chi connectivity index (χ4v) is 2.85. The van der Waals surface area contributed by atoms with E-state index in [1.165, 1.54) is 22.2 Å². The first-order chi connectivity index (χ1) is 8.20. The van der Waals surface area contributed by atoms with E-state index in [0.717, 1.165) is 24.4 Å². The smallest absolute Gasteiger partial charge is 0.143 e. The second-order valence-corrected chi connectivity index (χ2v) is 4.94. The van der Waals surface area contributed by atoms with Crippen molar-refractivity contribution in [2.75, 3.05) is 13.7 Å². The summed E-state index contributed by atoms with van der Waals surface area (Å²) in [5.74, 6) is 1.50. The number of aromatic amines is 1. The number of methoxy groups -OCH3 is 1. The summed E-state index contributed by atoms with van der Waals surface area (Å²) in [5.41, 5.74) is 5.16. The Morgan fingerprint density at radius 2 is 2.18 bits per heavy atom. The van der Waals surface area contributed by atoms with E-state index in [1.807, 2.05) is 0 Å². The topological polar surface area (TPSA) is 37.0 Å². The fraction of sp³-hybridized carbons (Fsp3) is 0.429. The summed E-state index contributed by atoms with van der Waals surface area (Å²) in [6.07, 6.45) is 0. The molecule has 90 valence electrons. The zero-order valence-corrected chi connectivity index (χ0v) is 10.6.